The molecular weight excluding hydrogens is 233 g/mol. The molecule has 1 aliphatic heterocycles. The SMILES string of the molecule is COCCOCCC1(c2ccccc2F)CNC1. The zero-order valence-electron chi connectivity index (χ0n) is 10.7. The number of hydrogen-bond donors (Lipinski definition) is 1. The Kier molecular flexibility index (Phi) is 4.69. The van der Waals surface area contributed by atoms with Crippen molar-refractivity contribution in [3.8, 4) is 0 Å². The molecule has 1 aromatic rings. The number of methoxy groups -OCH3 is 1. The van der Waals surface area contributed by atoms with Crippen molar-refractivity contribution in [3.05, 3.63) is 35.6 Å². The first-order valence-electron chi connectivity index (χ1n) is 6.31. The summed E-state index contributed by atoms with van der Waals surface area (Å²) in [6, 6.07) is 7.03. The molecule has 1 saturated heterocycles. The number of benzene rings is 1. The van der Waals surface area contributed by atoms with Crippen LogP contribution in [-0.2, 0) is 14.9 Å². The summed E-state index contributed by atoms with van der Waals surface area (Å²) in [5.74, 6) is -0.115. The molecule has 0 aromatic heterocycles. The van der Waals surface area contributed by atoms with E-state index in [2.05, 4.69) is 5.32 Å². The summed E-state index contributed by atoms with van der Waals surface area (Å²) < 4.78 is 24.3. The van der Waals surface area contributed by atoms with Crippen molar-refractivity contribution in [1.82, 2.24) is 5.32 Å². The van der Waals surface area contributed by atoms with E-state index >= 15 is 0 Å². The Morgan fingerprint density at radius 3 is 2.61 bits per heavy atom. The molecule has 0 amide bonds. The van der Waals surface area contributed by atoms with E-state index in [4.69, 9.17) is 9.47 Å². The zero-order chi connectivity index (χ0) is 12.8. The highest BCUT2D eigenvalue weighted by atomic mass is 19.1. The van der Waals surface area contributed by atoms with E-state index in [0.717, 1.165) is 25.1 Å². The van der Waals surface area contributed by atoms with Gasteiger partial charge in [0.25, 0.3) is 0 Å². The molecule has 0 spiro atoms. The average molecular weight is 253 g/mol. The zero-order valence-corrected chi connectivity index (χ0v) is 10.7. The van der Waals surface area contributed by atoms with Crippen LogP contribution < -0.4 is 5.32 Å². The second kappa shape index (κ2) is 6.27. The fraction of sp³-hybridized carbons (Fsp3) is 0.571. The van der Waals surface area contributed by atoms with E-state index in [1.165, 1.54) is 6.07 Å². The Balaban J connectivity index is 1.92. The first kappa shape index (κ1) is 13.5. The van der Waals surface area contributed by atoms with Gasteiger partial charge in [0.15, 0.2) is 0 Å². The summed E-state index contributed by atoms with van der Waals surface area (Å²) in [6.45, 7) is 3.48. The van der Waals surface area contributed by atoms with Crippen molar-refractivity contribution in [3.63, 3.8) is 0 Å². The van der Waals surface area contributed by atoms with Gasteiger partial charge in [-0.3, -0.25) is 0 Å². The highest BCUT2D eigenvalue weighted by Gasteiger charge is 2.39. The quantitative estimate of drug-likeness (QED) is 0.751. The van der Waals surface area contributed by atoms with Gasteiger partial charge in [-0.25, -0.2) is 4.39 Å². The van der Waals surface area contributed by atoms with E-state index in [1.807, 2.05) is 12.1 Å². The summed E-state index contributed by atoms with van der Waals surface area (Å²) in [4.78, 5) is 0. The molecule has 1 aliphatic rings. The van der Waals surface area contributed by atoms with Crippen LogP contribution in [0, 0.1) is 5.82 Å². The minimum atomic E-state index is -0.115. The average Bonchev–Trinajstić information content (AvgIpc) is 2.33. The minimum absolute atomic E-state index is 0.0988. The third-order valence-corrected chi connectivity index (χ3v) is 3.53. The Hall–Kier alpha value is -0.970. The molecule has 2 rings (SSSR count). The van der Waals surface area contributed by atoms with Crippen molar-refractivity contribution in [2.45, 2.75) is 11.8 Å². The summed E-state index contributed by atoms with van der Waals surface area (Å²) >= 11 is 0. The third kappa shape index (κ3) is 2.88. The van der Waals surface area contributed by atoms with Gasteiger partial charge >= 0.3 is 0 Å². The van der Waals surface area contributed by atoms with Crippen LogP contribution >= 0.6 is 0 Å². The largest absolute Gasteiger partial charge is 0.382 e. The predicted molar refractivity (Wildman–Crippen MR) is 68.3 cm³/mol. The van der Waals surface area contributed by atoms with Crippen molar-refractivity contribution in [2.24, 2.45) is 0 Å². The maximum atomic E-state index is 13.8. The number of ether oxygens (including phenoxy) is 2. The number of halogens is 1. The molecule has 18 heavy (non-hydrogen) atoms. The molecule has 0 saturated carbocycles. The van der Waals surface area contributed by atoms with Crippen LogP contribution in [-0.4, -0.2) is 40.0 Å². The molecule has 0 aliphatic carbocycles. The highest BCUT2D eigenvalue weighted by molar-refractivity contribution is 5.31. The van der Waals surface area contributed by atoms with Gasteiger partial charge < -0.3 is 14.8 Å². The van der Waals surface area contributed by atoms with Crippen LogP contribution in [0.25, 0.3) is 0 Å². The van der Waals surface area contributed by atoms with Gasteiger partial charge in [0.2, 0.25) is 0 Å². The minimum Gasteiger partial charge on any atom is -0.382 e. The van der Waals surface area contributed by atoms with Gasteiger partial charge in [-0.15, -0.1) is 0 Å². The highest BCUT2D eigenvalue weighted by Crippen LogP contribution is 2.33. The van der Waals surface area contributed by atoms with E-state index < -0.39 is 0 Å². The van der Waals surface area contributed by atoms with Crippen LogP contribution in [0.1, 0.15) is 12.0 Å². The van der Waals surface area contributed by atoms with Gasteiger partial charge in [-0.1, -0.05) is 18.2 Å². The van der Waals surface area contributed by atoms with E-state index in [0.29, 0.717) is 19.8 Å². The number of rotatable bonds is 7. The standard InChI is InChI=1S/C14H20FNO2/c1-17-8-9-18-7-6-14(10-16-11-14)12-4-2-3-5-13(12)15/h2-5,16H,6-11H2,1H3. The fourth-order valence-electron chi connectivity index (χ4n) is 2.33. The van der Waals surface area contributed by atoms with Crippen LogP contribution in [0.5, 0.6) is 0 Å². The molecular formula is C14H20FNO2. The Morgan fingerprint density at radius 2 is 2.00 bits per heavy atom. The summed E-state index contributed by atoms with van der Waals surface area (Å²) in [5.41, 5.74) is 0.706. The van der Waals surface area contributed by atoms with Crippen LogP contribution in [0.2, 0.25) is 0 Å². The normalized spacial score (nSPS) is 17.4. The molecule has 1 N–H and O–H groups in total. The van der Waals surface area contributed by atoms with Crippen LogP contribution in [0.4, 0.5) is 4.39 Å². The second-order valence-electron chi connectivity index (χ2n) is 4.72. The van der Waals surface area contributed by atoms with Crippen molar-refractivity contribution in [1.29, 1.82) is 0 Å². The lowest BCUT2D eigenvalue weighted by molar-refractivity contribution is 0.0542. The predicted octanol–water partition coefficient (Wildman–Crippen LogP) is 1.72. The van der Waals surface area contributed by atoms with E-state index in [9.17, 15) is 4.39 Å². The fourth-order valence-corrected chi connectivity index (χ4v) is 2.33. The van der Waals surface area contributed by atoms with Gasteiger partial charge in [0.05, 0.1) is 13.2 Å². The van der Waals surface area contributed by atoms with Gasteiger partial charge in [-0.2, -0.15) is 0 Å². The Labute approximate surface area is 107 Å². The second-order valence-corrected chi connectivity index (χ2v) is 4.72. The van der Waals surface area contributed by atoms with Gasteiger partial charge in [0.1, 0.15) is 5.82 Å². The molecule has 4 heteroatoms. The molecule has 3 nitrogen and oxygen atoms in total. The topological polar surface area (TPSA) is 30.5 Å². The number of nitrogens with one attached hydrogen (secondary N) is 1. The van der Waals surface area contributed by atoms with Crippen LogP contribution in [0.15, 0.2) is 24.3 Å². The molecule has 0 bridgehead atoms. The molecule has 1 aromatic carbocycles. The molecule has 1 fully saturated rings. The van der Waals surface area contributed by atoms with Gasteiger partial charge in [0, 0.05) is 32.2 Å². The molecule has 0 unspecified atom stereocenters. The first-order valence-corrected chi connectivity index (χ1v) is 6.31. The molecule has 1 heterocycles. The lowest BCUT2D eigenvalue weighted by Crippen LogP contribution is -2.57. The molecule has 0 atom stereocenters. The molecule has 100 valence electrons. The Bertz CT molecular complexity index is 380. The maximum Gasteiger partial charge on any atom is 0.127 e. The summed E-state index contributed by atoms with van der Waals surface area (Å²) in [7, 11) is 1.65. The Morgan fingerprint density at radius 1 is 1.22 bits per heavy atom. The maximum absolute atomic E-state index is 13.8. The van der Waals surface area contributed by atoms with Gasteiger partial charge in [-0.05, 0) is 18.1 Å². The summed E-state index contributed by atoms with van der Waals surface area (Å²) in [6.07, 6.45) is 0.838. The smallest absolute Gasteiger partial charge is 0.127 e. The van der Waals surface area contributed by atoms with Crippen molar-refractivity contribution < 1.29 is 13.9 Å². The monoisotopic (exact) mass is 253 g/mol. The lowest BCUT2D eigenvalue weighted by Gasteiger charge is -2.43. The first-order chi connectivity index (χ1) is 8.78. The third-order valence-electron chi connectivity index (χ3n) is 3.53. The number of hydrogen-bond acceptors (Lipinski definition) is 3. The lowest BCUT2D eigenvalue weighted by atomic mass is 9.72. The van der Waals surface area contributed by atoms with E-state index in [1.54, 1.807) is 13.2 Å². The van der Waals surface area contributed by atoms with Crippen LogP contribution in [0.3, 0.4) is 0 Å². The van der Waals surface area contributed by atoms with E-state index in [-0.39, 0.29) is 11.2 Å². The van der Waals surface area contributed by atoms with Crippen molar-refractivity contribution in [2.75, 3.05) is 40.0 Å². The van der Waals surface area contributed by atoms with Crippen molar-refractivity contribution >= 4 is 0 Å². The summed E-state index contributed by atoms with van der Waals surface area (Å²) in [5, 5.41) is 3.23. The molecule has 0 radical (unpaired) electrons.